The number of nitro benzene ring substituents is 1. The van der Waals surface area contributed by atoms with Gasteiger partial charge in [0.2, 0.25) is 5.82 Å². The molecule has 0 saturated heterocycles. The van der Waals surface area contributed by atoms with E-state index in [1.54, 1.807) is 6.92 Å². The highest BCUT2D eigenvalue weighted by molar-refractivity contribution is 5.90. The lowest BCUT2D eigenvalue weighted by Crippen LogP contribution is -2.12. The summed E-state index contributed by atoms with van der Waals surface area (Å²) in [7, 11) is 0. The van der Waals surface area contributed by atoms with Crippen molar-refractivity contribution in [1.29, 1.82) is 0 Å². The summed E-state index contributed by atoms with van der Waals surface area (Å²) in [6.07, 6.45) is -0.859. The standard InChI is InChI=1S/C13H10F2N2O5/c1-6-3-11(16-22-6)7(2)21-13(18)8-4-10(15)12(17(19)20)5-9(8)14/h3-5,7H,1-2H3/t7-/m0/s1. The van der Waals surface area contributed by atoms with E-state index in [2.05, 4.69) is 5.16 Å². The van der Waals surface area contributed by atoms with E-state index < -0.39 is 39.9 Å². The van der Waals surface area contributed by atoms with Crippen LogP contribution in [-0.2, 0) is 4.74 Å². The van der Waals surface area contributed by atoms with Crippen molar-refractivity contribution < 1.29 is 27.8 Å². The summed E-state index contributed by atoms with van der Waals surface area (Å²) in [5.41, 5.74) is -1.50. The van der Waals surface area contributed by atoms with Crippen molar-refractivity contribution in [3.63, 3.8) is 0 Å². The summed E-state index contributed by atoms with van der Waals surface area (Å²) in [6.45, 7) is 3.10. The number of carbonyl (C=O) groups excluding carboxylic acids is 1. The van der Waals surface area contributed by atoms with Gasteiger partial charge in [-0.25, -0.2) is 9.18 Å². The Balaban J connectivity index is 2.23. The Morgan fingerprint density at radius 3 is 2.59 bits per heavy atom. The number of esters is 1. The molecule has 0 saturated carbocycles. The molecule has 2 aromatic rings. The van der Waals surface area contributed by atoms with Gasteiger partial charge < -0.3 is 9.26 Å². The molecule has 0 spiro atoms. The molecule has 0 amide bonds. The maximum Gasteiger partial charge on any atom is 0.341 e. The van der Waals surface area contributed by atoms with E-state index >= 15 is 0 Å². The third-order valence-corrected chi connectivity index (χ3v) is 2.80. The van der Waals surface area contributed by atoms with Gasteiger partial charge in [-0.05, 0) is 19.9 Å². The van der Waals surface area contributed by atoms with Crippen molar-refractivity contribution >= 4 is 11.7 Å². The first-order valence-corrected chi connectivity index (χ1v) is 6.07. The molecule has 1 aromatic carbocycles. The first-order valence-electron chi connectivity index (χ1n) is 6.07. The average molecular weight is 312 g/mol. The molecule has 1 atom stereocenters. The Hall–Kier alpha value is -2.84. The number of nitrogens with zero attached hydrogens (tertiary/aromatic N) is 2. The molecule has 116 valence electrons. The summed E-state index contributed by atoms with van der Waals surface area (Å²) in [6, 6.07) is 2.28. The molecule has 7 nitrogen and oxygen atoms in total. The van der Waals surface area contributed by atoms with Gasteiger partial charge in [0.25, 0.3) is 0 Å². The Morgan fingerprint density at radius 1 is 1.36 bits per heavy atom. The van der Waals surface area contributed by atoms with Gasteiger partial charge in [-0.3, -0.25) is 10.1 Å². The second-order valence-electron chi connectivity index (χ2n) is 4.45. The second kappa shape index (κ2) is 5.88. The van der Waals surface area contributed by atoms with Crippen LogP contribution >= 0.6 is 0 Å². The highest BCUT2D eigenvalue weighted by atomic mass is 19.1. The van der Waals surface area contributed by atoms with Gasteiger partial charge in [-0.2, -0.15) is 4.39 Å². The number of hydrogen-bond acceptors (Lipinski definition) is 6. The number of carbonyl (C=O) groups is 1. The Kier molecular flexibility index (Phi) is 4.15. The molecule has 0 aliphatic carbocycles. The Morgan fingerprint density at radius 2 is 2.05 bits per heavy atom. The molecule has 0 aliphatic heterocycles. The average Bonchev–Trinajstić information content (AvgIpc) is 2.87. The topological polar surface area (TPSA) is 95.5 Å². The van der Waals surface area contributed by atoms with Crippen molar-refractivity contribution in [2.75, 3.05) is 0 Å². The first kappa shape index (κ1) is 15.5. The van der Waals surface area contributed by atoms with Crippen molar-refractivity contribution in [2.45, 2.75) is 20.0 Å². The number of aryl methyl sites for hydroxylation is 1. The Bertz CT molecular complexity index is 744. The SMILES string of the molecule is Cc1cc([C@H](C)OC(=O)c2cc(F)c([N+](=O)[O-])cc2F)no1. The molecule has 0 radical (unpaired) electrons. The molecule has 0 aliphatic rings. The summed E-state index contributed by atoms with van der Waals surface area (Å²) < 4.78 is 36.9. The summed E-state index contributed by atoms with van der Waals surface area (Å²) >= 11 is 0. The number of aromatic nitrogens is 1. The quantitative estimate of drug-likeness (QED) is 0.489. The lowest BCUT2D eigenvalue weighted by Gasteiger charge is -2.10. The van der Waals surface area contributed by atoms with E-state index in [9.17, 15) is 23.7 Å². The van der Waals surface area contributed by atoms with Crippen LogP contribution in [0.2, 0.25) is 0 Å². The molecule has 1 heterocycles. The first-order chi connectivity index (χ1) is 10.3. The maximum absolute atomic E-state index is 13.7. The van der Waals surface area contributed by atoms with E-state index in [4.69, 9.17) is 9.26 Å². The zero-order chi connectivity index (χ0) is 16.4. The number of nitro groups is 1. The summed E-state index contributed by atoms with van der Waals surface area (Å²) in [5.74, 6) is -3.25. The number of hydrogen-bond donors (Lipinski definition) is 0. The minimum Gasteiger partial charge on any atom is -0.452 e. The molecule has 22 heavy (non-hydrogen) atoms. The lowest BCUT2D eigenvalue weighted by atomic mass is 10.2. The smallest absolute Gasteiger partial charge is 0.341 e. The van der Waals surface area contributed by atoms with Crippen LogP contribution in [0.15, 0.2) is 22.7 Å². The highest BCUT2D eigenvalue weighted by Crippen LogP contribution is 2.24. The van der Waals surface area contributed by atoms with Crippen LogP contribution in [0.3, 0.4) is 0 Å². The van der Waals surface area contributed by atoms with E-state index in [-0.39, 0.29) is 0 Å². The van der Waals surface area contributed by atoms with Crippen LogP contribution in [0, 0.1) is 28.7 Å². The van der Waals surface area contributed by atoms with Crippen molar-refractivity contribution in [3.05, 3.63) is 57.0 Å². The van der Waals surface area contributed by atoms with E-state index in [0.717, 1.165) is 0 Å². The van der Waals surface area contributed by atoms with Crippen LogP contribution in [-0.4, -0.2) is 16.0 Å². The molecule has 2 rings (SSSR count). The third kappa shape index (κ3) is 3.08. The number of rotatable bonds is 4. The minimum absolute atomic E-state index is 0.300. The largest absolute Gasteiger partial charge is 0.452 e. The fourth-order valence-electron chi connectivity index (χ4n) is 1.69. The summed E-state index contributed by atoms with van der Waals surface area (Å²) in [5, 5.41) is 14.1. The van der Waals surface area contributed by atoms with Gasteiger partial charge in [0.05, 0.1) is 16.6 Å². The normalized spacial score (nSPS) is 12.0. The Labute approximate surface area is 122 Å². The molecular weight excluding hydrogens is 302 g/mol. The predicted octanol–water partition coefficient (Wildman–Crippen LogP) is 3.09. The van der Waals surface area contributed by atoms with Gasteiger partial charge in [-0.15, -0.1) is 0 Å². The van der Waals surface area contributed by atoms with Gasteiger partial charge in [0.1, 0.15) is 23.4 Å². The maximum atomic E-state index is 13.7. The third-order valence-electron chi connectivity index (χ3n) is 2.80. The molecule has 0 bridgehead atoms. The van der Waals surface area contributed by atoms with E-state index in [1.165, 1.54) is 13.0 Å². The van der Waals surface area contributed by atoms with Gasteiger partial charge in [0, 0.05) is 6.07 Å². The molecule has 0 N–H and O–H groups in total. The van der Waals surface area contributed by atoms with Crippen LogP contribution in [0.4, 0.5) is 14.5 Å². The van der Waals surface area contributed by atoms with Gasteiger partial charge in [-0.1, -0.05) is 5.16 Å². The van der Waals surface area contributed by atoms with E-state index in [0.29, 0.717) is 23.6 Å². The lowest BCUT2D eigenvalue weighted by molar-refractivity contribution is -0.387. The van der Waals surface area contributed by atoms with Crippen molar-refractivity contribution in [3.8, 4) is 0 Å². The van der Waals surface area contributed by atoms with Gasteiger partial charge >= 0.3 is 11.7 Å². The number of ether oxygens (including phenoxy) is 1. The molecule has 1 aromatic heterocycles. The van der Waals surface area contributed by atoms with Crippen molar-refractivity contribution in [1.82, 2.24) is 5.16 Å². The van der Waals surface area contributed by atoms with Crippen LogP contribution in [0.5, 0.6) is 0 Å². The summed E-state index contributed by atoms with van der Waals surface area (Å²) in [4.78, 5) is 21.2. The fourth-order valence-corrected chi connectivity index (χ4v) is 1.69. The molecule has 0 unspecified atom stereocenters. The number of halogens is 2. The van der Waals surface area contributed by atoms with E-state index in [1.807, 2.05) is 0 Å². The monoisotopic (exact) mass is 312 g/mol. The van der Waals surface area contributed by atoms with Crippen LogP contribution in [0.25, 0.3) is 0 Å². The minimum atomic E-state index is -1.33. The molecule has 0 fully saturated rings. The van der Waals surface area contributed by atoms with Gasteiger partial charge in [0.15, 0.2) is 0 Å². The second-order valence-corrected chi connectivity index (χ2v) is 4.45. The zero-order valence-electron chi connectivity index (χ0n) is 11.5. The number of benzene rings is 1. The van der Waals surface area contributed by atoms with Crippen LogP contribution in [0.1, 0.15) is 34.8 Å². The fraction of sp³-hybridized carbons (Fsp3) is 0.231. The molecule has 9 heteroatoms. The van der Waals surface area contributed by atoms with Crippen molar-refractivity contribution in [2.24, 2.45) is 0 Å². The highest BCUT2D eigenvalue weighted by Gasteiger charge is 2.25. The molecular formula is C13H10F2N2O5. The van der Waals surface area contributed by atoms with Crippen LogP contribution < -0.4 is 0 Å². The predicted molar refractivity (Wildman–Crippen MR) is 68.1 cm³/mol. The zero-order valence-corrected chi connectivity index (χ0v) is 11.5.